The van der Waals surface area contributed by atoms with Crippen LogP contribution in [0.3, 0.4) is 0 Å². The van der Waals surface area contributed by atoms with Gasteiger partial charge in [0.15, 0.2) is 5.69 Å². The molecule has 0 spiro atoms. The Morgan fingerprint density at radius 2 is 1.49 bits per heavy atom. The zero-order valence-corrected chi connectivity index (χ0v) is 40.1. The third kappa shape index (κ3) is 12.6. The monoisotopic (exact) mass is 964 g/mol. The van der Waals surface area contributed by atoms with E-state index in [1.54, 1.807) is 46.3 Å². The molecule has 0 unspecified atom stereocenters. The van der Waals surface area contributed by atoms with Gasteiger partial charge in [-0.2, -0.15) is 5.10 Å². The lowest BCUT2D eigenvalue weighted by Gasteiger charge is -2.40. The average molecular weight is 965 g/mol. The number of benzene rings is 3. The van der Waals surface area contributed by atoms with Crippen LogP contribution < -0.4 is 16.2 Å². The standard InChI is InChI=1S/C53H61FN12O5/c1-2-36-6-5-7-40(26-36)41-29-47(59-48(67)33-57-31-39(30-56)12-15-55)50(58-32-41)53(71)65-16-13-37(14-17-65)34-62-18-20-63(21-19-62)35-49(68)64-22-24-66(25-23-64)52(70)44-27-38(10-11-45(44)54)28-46-42-8-3-4-9-43(42)51(69)61-60-46/h3-12,15,26-27,29-30,32,37,55-57H,2,13-14,16-25,28,31,33-35H2,1H3,(H,59,67)(H,61,69)/b39-12+,55-15?,56-30?. The SMILES string of the molecule is CCc1cccc(-c2cnc(C(=O)N3CCC(CN4CCN(CC(=O)N5CCN(C(=O)c6cc(Cc7n[nH]c(=O)c8ccccc78)ccc6F)CC5)CC4)CC3)c(NC(=O)CNC/C(C=N)=C/C=N)c2)c1. The summed E-state index contributed by atoms with van der Waals surface area (Å²) in [5.74, 6) is -1.23. The molecule has 0 bridgehead atoms. The summed E-state index contributed by atoms with van der Waals surface area (Å²) < 4.78 is 15.1. The molecule has 71 heavy (non-hydrogen) atoms. The van der Waals surface area contributed by atoms with E-state index < -0.39 is 11.7 Å². The molecule has 5 N–H and O–H groups in total. The number of rotatable bonds is 17. The zero-order chi connectivity index (χ0) is 49.9. The zero-order valence-electron chi connectivity index (χ0n) is 40.1. The van der Waals surface area contributed by atoms with Gasteiger partial charge in [0.1, 0.15) is 5.82 Å². The first-order valence-corrected chi connectivity index (χ1v) is 24.4. The number of aromatic amines is 1. The highest BCUT2D eigenvalue weighted by atomic mass is 19.1. The van der Waals surface area contributed by atoms with Crippen molar-refractivity contribution in [1.29, 1.82) is 10.8 Å². The largest absolute Gasteiger partial charge is 0.338 e. The first kappa shape index (κ1) is 50.1. The van der Waals surface area contributed by atoms with Crippen molar-refractivity contribution in [3.05, 3.63) is 135 Å². The Balaban J connectivity index is 0.783. The number of likely N-dealkylation sites (tertiary alicyclic amines) is 1. The minimum atomic E-state index is -0.617. The first-order valence-electron chi connectivity index (χ1n) is 24.4. The molecule has 0 saturated carbocycles. The molecule has 3 saturated heterocycles. The van der Waals surface area contributed by atoms with Gasteiger partial charge in [0.25, 0.3) is 17.4 Å². The number of piperidine rings is 1. The summed E-state index contributed by atoms with van der Waals surface area (Å²) in [6.07, 6.45) is 8.20. The van der Waals surface area contributed by atoms with Crippen LogP contribution >= 0.6 is 0 Å². The van der Waals surface area contributed by atoms with E-state index >= 15 is 4.39 Å². The lowest BCUT2D eigenvalue weighted by Crippen LogP contribution is -2.55. The molecular formula is C53H61FN12O5. The van der Waals surface area contributed by atoms with Gasteiger partial charge in [-0.15, -0.1) is 0 Å². The molecular weight excluding hydrogens is 904 g/mol. The second-order valence-corrected chi connectivity index (χ2v) is 18.4. The summed E-state index contributed by atoms with van der Waals surface area (Å²) in [6, 6.07) is 21.5. The topological polar surface area (TPSA) is 215 Å². The Morgan fingerprint density at radius 3 is 2.23 bits per heavy atom. The van der Waals surface area contributed by atoms with Crippen molar-refractivity contribution in [3.63, 3.8) is 0 Å². The highest BCUT2D eigenvalue weighted by Gasteiger charge is 2.31. The Bertz CT molecular complexity index is 2860. The summed E-state index contributed by atoms with van der Waals surface area (Å²) in [5.41, 5.74) is 4.92. The predicted molar refractivity (Wildman–Crippen MR) is 272 cm³/mol. The lowest BCUT2D eigenvalue weighted by molar-refractivity contribution is -0.134. The molecule has 5 aromatic rings. The van der Waals surface area contributed by atoms with Gasteiger partial charge in [-0.05, 0) is 77.8 Å². The van der Waals surface area contributed by atoms with Crippen molar-refractivity contribution in [2.24, 2.45) is 5.92 Å². The number of carbonyl (C=O) groups excluding carboxylic acids is 4. The number of fused-ring (bicyclic) bond motifs is 1. The number of piperazine rings is 2. The molecule has 370 valence electrons. The molecule has 17 nitrogen and oxygen atoms in total. The van der Waals surface area contributed by atoms with E-state index in [1.807, 2.05) is 29.2 Å². The van der Waals surface area contributed by atoms with Gasteiger partial charge in [-0.1, -0.05) is 55.5 Å². The Labute approximate surface area is 412 Å². The molecule has 18 heteroatoms. The van der Waals surface area contributed by atoms with Crippen LogP contribution in [0.25, 0.3) is 21.9 Å². The van der Waals surface area contributed by atoms with Crippen molar-refractivity contribution in [1.82, 2.24) is 45.0 Å². The number of aromatic nitrogens is 3. The molecule has 4 amide bonds. The van der Waals surface area contributed by atoms with Crippen LogP contribution in [0.15, 0.2) is 95.4 Å². The number of anilines is 1. The van der Waals surface area contributed by atoms with Gasteiger partial charge in [-0.3, -0.25) is 28.9 Å². The van der Waals surface area contributed by atoms with Crippen molar-refractivity contribution >= 4 is 52.5 Å². The van der Waals surface area contributed by atoms with Crippen LogP contribution in [0.2, 0.25) is 0 Å². The summed E-state index contributed by atoms with van der Waals surface area (Å²) in [6.45, 7) is 9.04. The minimum absolute atomic E-state index is 0.0100. The molecule has 3 fully saturated rings. The van der Waals surface area contributed by atoms with Gasteiger partial charge < -0.3 is 41.1 Å². The highest BCUT2D eigenvalue weighted by Crippen LogP contribution is 2.28. The fourth-order valence-corrected chi connectivity index (χ4v) is 9.57. The van der Waals surface area contributed by atoms with Gasteiger partial charge in [-0.25, -0.2) is 14.5 Å². The second kappa shape index (κ2) is 23.6. The highest BCUT2D eigenvalue weighted by molar-refractivity contribution is 6.03. The van der Waals surface area contributed by atoms with Crippen LogP contribution in [0.4, 0.5) is 10.1 Å². The van der Waals surface area contributed by atoms with E-state index in [9.17, 15) is 24.0 Å². The maximum atomic E-state index is 15.1. The first-order chi connectivity index (χ1) is 34.5. The summed E-state index contributed by atoms with van der Waals surface area (Å²) in [7, 11) is 0. The van der Waals surface area contributed by atoms with Crippen LogP contribution in [0, 0.1) is 22.6 Å². The van der Waals surface area contributed by atoms with Crippen LogP contribution in [0.5, 0.6) is 0 Å². The number of carbonyl (C=O) groups is 4. The Kier molecular flexibility index (Phi) is 16.6. The molecule has 0 atom stereocenters. The van der Waals surface area contributed by atoms with E-state index in [0.29, 0.717) is 91.4 Å². The maximum Gasteiger partial charge on any atom is 0.274 e. The van der Waals surface area contributed by atoms with E-state index in [4.69, 9.17) is 10.8 Å². The van der Waals surface area contributed by atoms with E-state index in [2.05, 4.69) is 54.7 Å². The van der Waals surface area contributed by atoms with Crippen molar-refractivity contribution < 1.29 is 23.6 Å². The molecule has 5 heterocycles. The van der Waals surface area contributed by atoms with Crippen LogP contribution in [-0.4, -0.2) is 167 Å². The fraction of sp³-hybridized carbons (Fsp3) is 0.377. The van der Waals surface area contributed by atoms with Gasteiger partial charge in [0.05, 0.1) is 35.4 Å². The van der Waals surface area contributed by atoms with Crippen molar-refractivity contribution in [3.8, 4) is 11.1 Å². The quantitative estimate of drug-likeness (QED) is 0.0824. The number of nitrogens with zero attached hydrogens (tertiary/aromatic N) is 7. The number of aryl methyl sites for hydroxylation is 1. The molecule has 0 radical (unpaired) electrons. The maximum absolute atomic E-state index is 15.1. The van der Waals surface area contributed by atoms with E-state index in [0.717, 1.165) is 81.1 Å². The van der Waals surface area contributed by atoms with Crippen molar-refractivity contribution in [2.75, 3.05) is 96.9 Å². The van der Waals surface area contributed by atoms with Crippen molar-refractivity contribution in [2.45, 2.75) is 32.6 Å². The Morgan fingerprint density at radius 1 is 0.775 bits per heavy atom. The average Bonchev–Trinajstić information content (AvgIpc) is 3.40. The number of H-pyrrole nitrogens is 1. The van der Waals surface area contributed by atoms with E-state index in [-0.39, 0.29) is 47.6 Å². The molecule has 8 rings (SSSR count). The molecule has 3 aromatic carbocycles. The third-order valence-corrected chi connectivity index (χ3v) is 13.7. The third-order valence-electron chi connectivity index (χ3n) is 13.7. The molecule has 0 aliphatic carbocycles. The molecule has 3 aliphatic heterocycles. The fourth-order valence-electron chi connectivity index (χ4n) is 9.57. The number of hydrogen-bond donors (Lipinski definition) is 5. The number of halogens is 1. The molecule has 3 aliphatic rings. The summed E-state index contributed by atoms with van der Waals surface area (Å²) in [4.78, 5) is 81.0. The summed E-state index contributed by atoms with van der Waals surface area (Å²) >= 11 is 0. The van der Waals surface area contributed by atoms with Gasteiger partial charge in [0, 0.05) is 115 Å². The Hall–Kier alpha value is -7.28. The number of nitrogens with one attached hydrogen (secondary N) is 5. The minimum Gasteiger partial charge on any atom is -0.338 e. The normalized spacial score (nSPS) is 16.3. The smallest absolute Gasteiger partial charge is 0.274 e. The van der Waals surface area contributed by atoms with E-state index in [1.165, 1.54) is 12.1 Å². The van der Waals surface area contributed by atoms with Gasteiger partial charge in [0.2, 0.25) is 11.8 Å². The second-order valence-electron chi connectivity index (χ2n) is 18.4. The van der Waals surface area contributed by atoms with Crippen LogP contribution in [-0.2, 0) is 22.4 Å². The lowest BCUT2D eigenvalue weighted by atomic mass is 9.95. The number of amides is 4. The number of allylic oxidation sites excluding steroid dienone is 1. The number of hydrogen-bond acceptors (Lipinski definition) is 12. The summed E-state index contributed by atoms with van der Waals surface area (Å²) in [5, 5.41) is 28.7. The van der Waals surface area contributed by atoms with Crippen LogP contribution in [0.1, 0.15) is 57.4 Å². The molecule has 2 aromatic heterocycles. The predicted octanol–water partition coefficient (Wildman–Crippen LogP) is 4.49. The number of pyridine rings is 1. The van der Waals surface area contributed by atoms with Gasteiger partial charge >= 0.3 is 0 Å².